The first-order valence-corrected chi connectivity index (χ1v) is 4.54. The summed E-state index contributed by atoms with van der Waals surface area (Å²) < 4.78 is 0. The number of rotatable bonds is 4. The van der Waals surface area contributed by atoms with Crippen LogP contribution >= 0.6 is 0 Å². The van der Waals surface area contributed by atoms with E-state index in [2.05, 4.69) is 0 Å². The van der Waals surface area contributed by atoms with Crippen LogP contribution in [0.25, 0.3) is 0 Å². The maximum atomic E-state index is 11.3. The third kappa shape index (κ3) is 2.34. The number of carboxylic acids is 1. The van der Waals surface area contributed by atoms with Gasteiger partial charge in [-0.25, -0.2) is 0 Å². The Labute approximate surface area is 87.7 Å². The van der Waals surface area contributed by atoms with E-state index in [0.29, 0.717) is 5.56 Å². The molecule has 0 fully saturated rings. The zero-order chi connectivity index (χ0) is 11.5. The standard InChI is InChI=1S/C11H13NO3/c1-11(10(12)15,7-9(13)14)8-5-3-2-4-6-8/h2-6H,7H2,1H3,(H2,12,15)(H,13,14). The van der Waals surface area contributed by atoms with Crippen LogP contribution in [0, 0.1) is 0 Å². The molecule has 0 radical (unpaired) electrons. The van der Waals surface area contributed by atoms with Gasteiger partial charge in [0.15, 0.2) is 0 Å². The number of benzene rings is 1. The predicted octanol–water partition coefficient (Wildman–Crippen LogP) is 0.904. The SMILES string of the molecule is CC(CC(=O)O)(C(N)=O)c1ccccc1. The maximum absolute atomic E-state index is 11.3. The van der Waals surface area contributed by atoms with E-state index in [1.807, 2.05) is 0 Å². The van der Waals surface area contributed by atoms with Crippen molar-refractivity contribution in [2.24, 2.45) is 5.73 Å². The van der Waals surface area contributed by atoms with E-state index in [9.17, 15) is 9.59 Å². The van der Waals surface area contributed by atoms with Gasteiger partial charge in [-0.15, -0.1) is 0 Å². The summed E-state index contributed by atoms with van der Waals surface area (Å²) in [5.41, 5.74) is 4.73. The first kappa shape index (κ1) is 11.2. The Morgan fingerprint density at radius 2 is 1.87 bits per heavy atom. The Balaban J connectivity index is 3.13. The second-order valence-electron chi connectivity index (χ2n) is 3.63. The summed E-state index contributed by atoms with van der Waals surface area (Å²) in [6.07, 6.45) is -0.299. The molecule has 1 atom stereocenters. The number of carbonyl (C=O) groups excluding carboxylic acids is 1. The van der Waals surface area contributed by atoms with Gasteiger partial charge in [-0.3, -0.25) is 9.59 Å². The van der Waals surface area contributed by atoms with Crippen LogP contribution in [0.1, 0.15) is 18.9 Å². The van der Waals surface area contributed by atoms with Gasteiger partial charge in [-0.2, -0.15) is 0 Å². The smallest absolute Gasteiger partial charge is 0.304 e. The van der Waals surface area contributed by atoms with Crippen LogP contribution in [0.15, 0.2) is 30.3 Å². The Morgan fingerprint density at radius 1 is 1.33 bits per heavy atom. The summed E-state index contributed by atoms with van der Waals surface area (Å²) in [6.45, 7) is 1.54. The largest absolute Gasteiger partial charge is 0.481 e. The second kappa shape index (κ2) is 4.13. The lowest BCUT2D eigenvalue weighted by molar-refractivity contribution is -0.141. The summed E-state index contributed by atoms with van der Waals surface area (Å²) in [7, 11) is 0. The molecule has 0 aliphatic rings. The molecule has 0 heterocycles. The normalized spacial score (nSPS) is 14.2. The second-order valence-corrected chi connectivity index (χ2v) is 3.63. The van der Waals surface area contributed by atoms with Gasteiger partial charge in [-0.05, 0) is 12.5 Å². The van der Waals surface area contributed by atoms with Crippen LogP contribution in [-0.4, -0.2) is 17.0 Å². The van der Waals surface area contributed by atoms with Crippen LogP contribution in [0.3, 0.4) is 0 Å². The van der Waals surface area contributed by atoms with E-state index in [1.54, 1.807) is 37.3 Å². The van der Waals surface area contributed by atoms with Crippen LogP contribution in [0.5, 0.6) is 0 Å². The van der Waals surface area contributed by atoms with Gasteiger partial charge in [0.1, 0.15) is 0 Å². The molecule has 15 heavy (non-hydrogen) atoms. The summed E-state index contributed by atoms with van der Waals surface area (Å²) in [5.74, 6) is -1.67. The number of amides is 1. The van der Waals surface area contributed by atoms with Crippen molar-refractivity contribution < 1.29 is 14.7 Å². The van der Waals surface area contributed by atoms with Crippen molar-refractivity contribution in [3.05, 3.63) is 35.9 Å². The summed E-state index contributed by atoms with van der Waals surface area (Å²) in [5, 5.41) is 8.75. The molecule has 0 bridgehead atoms. The van der Waals surface area contributed by atoms with Gasteiger partial charge >= 0.3 is 5.97 Å². The lowest BCUT2D eigenvalue weighted by Crippen LogP contribution is -2.40. The molecule has 0 spiro atoms. The van der Waals surface area contributed by atoms with Crippen molar-refractivity contribution in [1.29, 1.82) is 0 Å². The maximum Gasteiger partial charge on any atom is 0.304 e. The van der Waals surface area contributed by atoms with E-state index >= 15 is 0 Å². The molecule has 1 rings (SSSR count). The molecule has 4 nitrogen and oxygen atoms in total. The zero-order valence-corrected chi connectivity index (χ0v) is 8.43. The lowest BCUT2D eigenvalue weighted by Gasteiger charge is -2.24. The molecule has 80 valence electrons. The predicted molar refractivity (Wildman–Crippen MR) is 55.2 cm³/mol. The van der Waals surface area contributed by atoms with E-state index in [-0.39, 0.29) is 6.42 Å². The van der Waals surface area contributed by atoms with Crippen LogP contribution < -0.4 is 5.73 Å². The van der Waals surface area contributed by atoms with E-state index in [1.165, 1.54) is 0 Å². The average molecular weight is 207 g/mol. The highest BCUT2D eigenvalue weighted by atomic mass is 16.4. The number of carboxylic acid groups (broad SMARTS) is 1. The first-order chi connectivity index (χ1) is 6.97. The summed E-state index contributed by atoms with van der Waals surface area (Å²) in [6, 6.07) is 8.70. The van der Waals surface area contributed by atoms with Gasteiger partial charge in [0.2, 0.25) is 5.91 Å². The number of carbonyl (C=O) groups is 2. The molecular formula is C11H13NO3. The van der Waals surface area contributed by atoms with Crippen LogP contribution in [0.2, 0.25) is 0 Å². The van der Waals surface area contributed by atoms with Gasteiger partial charge in [-0.1, -0.05) is 30.3 Å². The van der Waals surface area contributed by atoms with E-state index in [0.717, 1.165) is 0 Å². The molecule has 4 heteroatoms. The van der Waals surface area contributed by atoms with Crippen molar-refractivity contribution in [3.8, 4) is 0 Å². The summed E-state index contributed by atoms with van der Waals surface area (Å²) >= 11 is 0. The lowest BCUT2D eigenvalue weighted by atomic mass is 9.79. The molecule has 0 aliphatic carbocycles. The molecule has 0 saturated heterocycles. The fraction of sp³-hybridized carbons (Fsp3) is 0.273. The first-order valence-electron chi connectivity index (χ1n) is 4.54. The average Bonchev–Trinajstić information content (AvgIpc) is 2.17. The summed E-state index contributed by atoms with van der Waals surface area (Å²) in [4.78, 5) is 22.0. The van der Waals surface area contributed by atoms with Crippen LogP contribution in [0.4, 0.5) is 0 Å². The highest BCUT2D eigenvalue weighted by molar-refractivity contribution is 5.90. The van der Waals surface area contributed by atoms with Crippen molar-refractivity contribution in [3.63, 3.8) is 0 Å². The monoisotopic (exact) mass is 207 g/mol. The fourth-order valence-electron chi connectivity index (χ4n) is 1.44. The third-order valence-electron chi connectivity index (χ3n) is 2.46. The molecule has 0 aliphatic heterocycles. The Hall–Kier alpha value is -1.84. The van der Waals surface area contributed by atoms with E-state index in [4.69, 9.17) is 10.8 Å². The Morgan fingerprint density at radius 3 is 2.27 bits per heavy atom. The van der Waals surface area contributed by atoms with Crippen molar-refractivity contribution in [2.75, 3.05) is 0 Å². The van der Waals surface area contributed by atoms with Crippen molar-refractivity contribution >= 4 is 11.9 Å². The van der Waals surface area contributed by atoms with Crippen LogP contribution in [-0.2, 0) is 15.0 Å². The van der Waals surface area contributed by atoms with Crippen molar-refractivity contribution in [1.82, 2.24) is 0 Å². The highest BCUT2D eigenvalue weighted by Crippen LogP contribution is 2.27. The number of aliphatic carboxylic acids is 1. The number of primary amides is 1. The molecular weight excluding hydrogens is 194 g/mol. The molecule has 1 aromatic rings. The number of hydrogen-bond acceptors (Lipinski definition) is 2. The minimum Gasteiger partial charge on any atom is -0.481 e. The van der Waals surface area contributed by atoms with E-state index < -0.39 is 17.3 Å². The van der Waals surface area contributed by atoms with Gasteiger partial charge in [0.05, 0.1) is 11.8 Å². The minimum atomic E-state index is -1.15. The number of hydrogen-bond donors (Lipinski definition) is 2. The molecule has 3 N–H and O–H groups in total. The fourth-order valence-corrected chi connectivity index (χ4v) is 1.44. The minimum absolute atomic E-state index is 0.299. The third-order valence-corrected chi connectivity index (χ3v) is 2.46. The van der Waals surface area contributed by atoms with Crippen molar-refractivity contribution in [2.45, 2.75) is 18.8 Å². The Bertz CT molecular complexity index is 375. The highest BCUT2D eigenvalue weighted by Gasteiger charge is 2.35. The topological polar surface area (TPSA) is 80.4 Å². The molecule has 0 aromatic heterocycles. The Kier molecular flexibility index (Phi) is 3.09. The molecule has 1 aromatic carbocycles. The zero-order valence-electron chi connectivity index (χ0n) is 8.43. The van der Waals surface area contributed by atoms with Gasteiger partial charge < -0.3 is 10.8 Å². The van der Waals surface area contributed by atoms with Gasteiger partial charge in [0.25, 0.3) is 0 Å². The molecule has 0 saturated carbocycles. The molecule has 1 unspecified atom stereocenters. The van der Waals surface area contributed by atoms with Gasteiger partial charge in [0, 0.05) is 0 Å². The molecule has 1 amide bonds. The number of nitrogens with two attached hydrogens (primary N) is 1. The quantitative estimate of drug-likeness (QED) is 0.769.